The predicted octanol–water partition coefficient (Wildman–Crippen LogP) is 4.84. The van der Waals surface area contributed by atoms with E-state index in [4.69, 9.17) is 9.15 Å². The lowest BCUT2D eigenvalue weighted by atomic mass is 9.98. The van der Waals surface area contributed by atoms with Gasteiger partial charge in [-0.2, -0.15) is 0 Å². The number of ether oxygens (including phenoxy) is 1. The van der Waals surface area contributed by atoms with E-state index in [9.17, 15) is 9.90 Å². The van der Waals surface area contributed by atoms with E-state index in [0.29, 0.717) is 11.1 Å². The maximum absolute atomic E-state index is 12.4. The molecule has 0 radical (unpaired) electrons. The van der Waals surface area contributed by atoms with E-state index >= 15 is 0 Å². The molecule has 1 heterocycles. The van der Waals surface area contributed by atoms with Crippen LogP contribution in [0.25, 0.3) is 33.2 Å². The van der Waals surface area contributed by atoms with Crippen molar-refractivity contribution in [2.45, 2.75) is 0 Å². The zero-order valence-corrected chi connectivity index (χ0v) is 14.1. The van der Waals surface area contributed by atoms with Gasteiger partial charge in [-0.05, 0) is 53.1 Å². The summed E-state index contributed by atoms with van der Waals surface area (Å²) in [6.45, 7) is 0. The molecule has 0 aliphatic heterocycles. The summed E-state index contributed by atoms with van der Waals surface area (Å²) in [4.78, 5) is 12.4. The Balaban J connectivity index is 1.92. The Hall–Kier alpha value is -3.53. The molecule has 3 aromatic carbocycles. The molecule has 4 nitrogen and oxygen atoms in total. The third kappa shape index (κ3) is 2.82. The van der Waals surface area contributed by atoms with Crippen LogP contribution in [-0.2, 0) is 0 Å². The predicted molar refractivity (Wildman–Crippen MR) is 102 cm³/mol. The monoisotopic (exact) mass is 344 g/mol. The standard InChI is InChI=1S/C22H16O4/c1-25-17-11-7-15(8-12-17)19-13-20-18(14-5-9-16(23)10-6-14)3-2-4-21(20)26-22(19)24/h2-13,23H,1H3. The Morgan fingerprint density at radius 1 is 0.846 bits per heavy atom. The van der Waals surface area contributed by atoms with Gasteiger partial charge in [-0.3, -0.25) is 0 Å². The van der Waals surface area contributed by atoms with E-state index < -0.39 is 0 Å². The molecule has 4 rings (SSSR count). The minimum Gasteiger partial charge on any atom is -0.508 e. The molecule has 4 heteroatoms. The number of phenols is 1. The van der Waals surface area contributed by atoms with Gasteiger partial charge >= 0.3 is 5.63 Å². The third-order valence-electron chi connectivity index (χ3n) is 4.36. The summed E-state index contributed by atoms with van der Waals surface area (Å²) in [5, 5.41) is 10.4. The number of benzene rings is 3. The van der Waals surface area contributed by atoms with E-state index in [2.05, 4.69) is 0 Å². The maximum atomic E-state index is 12.4. The number of aromatic hydroxyl groups is 1. The molecule has 0 fully saturated rings. The molecule has 0 bridgehead atoms. The fourth-order valence-electron chi connectivity index (χ4n) is 3.00. The highest BCUT2D eigenvalue weighted by atomic mass is 16.5. The second-order valence-corrected chi connectivity index (χ2v) is 5.94. The van der Waals surface area contributed by atoms with Crippen molar-refractivity contribution in [2.75, 3.05) is 7.11 Å². The van der Waals surface area contributed by atoms with Crippen molar-refractivity contribution in [3.8, 4) is 33.8 Å². The first-order valence-electron chi connectivity index (χ1n) is 8.16. The number of rotatable bonds is 3. The topological polar surface area (TPSA) is 59.7 Å². The summed E-state index contributed by atoms with van der Waals surface area (Å²) >= 11 is 0. The summed E-state index contributed by atoms with van der Waals surface area (Å²) < 4.78 is 10.7. The molecule has 0 unspecified atom stereocenters. The Morgan fingerprint density at radius 2 is 1.50 bits per heavy atom. The average molecular weight is 344 g/mol. The fraction of sp³-hybridized carbons (Fsp3) is 0.0455. The highest BCUT2D eigenvalue weighted by molar-refractivity contribution is 5.95. The lowest BCUT2D eigenvalue weighted by Crippen LogP contribution is -2.03. The molecule has 0 atom stereocenters. The van der Waals surface area contributed by atoms with Crippen molar-refractivity contribution in [1.29, 1.82) is 0 Å². The minimum atomic E-state index is -0.384. The van der Waals surface area contributed by atoms with Gasteiger partial charge in [-0.1, -0.05) is 36.4 Å². The van der Waals surface area contributed by atoms with Gasteiger partial charge in [0.15, 0.2) is 0 Å². The third-order valence-corrected chi connectivity index (χ3v) is 4.36. The molecule has 0 spiro atoms. The normalized spacial score (nSPS) is 10.8. The van der Waals surface area contributed by atoms with Crippen LogP contribution < -0.4 is 10.4 Å². The number of hydrogen-bond donors (Lipinski definition) is 1. The van der Waals surface area contributed by atoms with Crippen LogP contribution in [-0.4, -0.2) is 12.2 Å². The second-order valence-electron chi connectivity index (χ2n) is 5.94. The van der Waals surface area contributed by atoms with Crippen LogP contribution in [0.1, 0.15) is 0 Å². The first-order valence-corrected chi connectivity index (χ1v) is 8.16. The summed E-state index contributed by atoms with van der Waals surface area (Å²) in [5.41, 5.74) is 3.26. The lowest BCUT2D eigenvalue weighted by Gasteiger charge is -2.09. The van der Waals surface area contributed by atoms with Gasteiger partial charge in [0.1, 0.15) is 17.1 Å². The molecular weight excluding hydrogens is 328 g/mol. The SMILES string of the molecule is COc1ccc(-c2cc3c(-c4ccc(O)cc4)cccc3oc2=O)cc1. The smallest absolute Gasteiger partial charge is 0.344 e. The molecule has 4 aromatic rings. The van der Waals surface area contributed by atoms with Gasteiger partial charge in [0.2, 0.25) is 0 Å². The molecule has 1 N–H and O–H groups in total. The average Bonchev–Trinajstić information content (AvgIpc) is 2.68. The highest BCUT2D eigenvalue weighted by Crippen LogP contribution is 2.31. The zero-order chi connectivity index (χ0) is 18.1. The largest absolute Gasteiger partial charge is 0.508 e. The van der Waals surface area contributed by atoms with Gasteiger partial charge in [0.25, 0.3) is 0 Å². The van der Waals surface area contributed by atoms with Crippen LogP contribution in [0.5, 0.6) is 11.5 Å². The van der Waals surface area contributed by atoms with Crippen molar-refractivity contribution in [1.82, 2.24) is 0 Å². The van der Waals surface area contributed by atoms with Crippen LogP contribution in [0.2, 0.25) is 0 Å². The van der Waals surface area contributed by atoms with Crippen LogP contribution in [0.3, 0.4) is 0 Å². The summed E-state index contributed by atoms with van der Waals surface area (Å²) in [7, 11) is 1.60. The minimum absolute atomic E-state index is 0.208. The molecular formula is C22H16O4. The molecule has 0 saturated carbocycles. The molecule has 0 aliphatic carbocycles. The number of phenolic OH excluding ortho intramolecular Hbond substituents is 1. The second kappa shape index (κ2) is 6.41. The number of hydrogen-bond acceptors (Lipinski definition) is 4. The first-order chi connectivity index (χ1) is 12.7. The summed E-state index contributed by atoms with van der Waals surface area (Å²) in [5.74, 6) is 0.933. The van der Waals surface area contributed by atoms with Crippen LogP contribution in [0, 0.1) is 0 Å². The Morgan fingerprint density at radius 3 is 2.19 bits per heavy atom. The Bertz CT molecular complexity index is 1120. The number of fused-ring (bicyclic) bond motifs is 1. The first kappa shape index (κ1) is 16.0. The zero-order valence-electron chi connectivity index (χ0n) is 14.1. The number of methoxy groups -OCH3 is 1. The highest BCUT2D eigenvalue weighted by Gasteiger charge is 2.12. The van der Waals surface area contributed by atoms with Crippen molar-refractivity contribution in [2.24, 2.45) is 0 Å². The quantitative estimate of drug-likeness (QED) is 0.540. The molecule has 0 aliphatic rings. The lowest BCUT2D eigenvalue weighted by molar-refractivity contribution is 0.415. The molecule has 128 valence electrons. The van der Waals surface area contributed by atoms with Gasteiger partial charge in [-0.15, -0.1) is 0 Å². The van der Waals surface area contributed by atoms with E-state index in [1.165, 1.54) is 0 Å². The summed E-state index contributed by atoms with van der Waals surface area (Å²) in [6, 6.07) is 21.7. The Kier molecular flexibility index (Phi) is 3.93. The Labute approximate surface area is 149 Å². The van der Waals surface area contributed by atoms with Crippen LogP contribution >= 0.6 is 0 Å². The molecule has 1 aromatic heterocycles. The van der Waals surface area contributed by atoms with E-state index in [0.717, 1.165) is 27.8 Å². The van der Waals surface area contributed by atoms with Crippen LogP contribution in [0.15, 0.2) is 82.0 Å². The molecule has 0 amide bonds. The van der Waals surface area contributed by atoms with E-state index in [1.54, 1.807) is 25.3 Å². The summed E-state index contributed by atoms with van der Waals surface area (Å²) in [6.07, 6.45) is 0. The molecule has 26 heavy (non-hydrogen) atoms. The van der Waals surface area contributed by atoms with Crippen molar-refractivity contribution >= 4 is 11.0 Å². The van der Waals surface area contributed by atoms with Crippen molar-refractivity contribution in [3.05, 3.63) is 83.2 Å². The van der Waals surface area contributed by atoms with E-state index in [1.807, 2.05) is 54.6 Å². The van der Waals surface area contributed by atoms with Gasteiger partial charge < -0.3 is 14.3 Å². The van der Waals surface area contributed by atoms with Crippen molar-refractivity contribution < 1.29 is 14.3 Å². The maximum Gasteiger partial charge on any atom is 0.344 e. The van der Waals surface area contributed by atoms with Crippen LogP contribution in [0.4, 0.5) is 0 Å². The van der Waals surface area contributed by atoms with E-state index in [-0.39, 0.29) is 11.4 Å². The fourth-order valence-corrected chi connectivity index (χ4v) is 3.00. The van der Waals surface area contributed by atoms with Crippen molar-refractivity contribution in [3.63, 3.8) is 0 Å². The van der Waals surface area contributed by atoms with Gasteiger partial charge in [0.05, 0.1) is 12.7 Å². The molecule has 0 saturated heterocycles. The van der Waals surface area contributed by atoms with Gasteiger partial charge in [0, 0.05) is 5.39 Å². The van der Waals surface area contributed by atoms with Gasteiger partial charge in [-0.25, -0.2) is 4.79 Å².